The van der Waals surface area contributed by atoms with Crippen molar-refractivity contribution in [3.63, 3.8) is 0 Å². The molecule has 1 aromatic heterocycles. The van der Waals surface area contributed by atoms with Crippen LogP contribution in [-0.4, -0.2) is 23.2 Å². The number of hydrogen-bond donors (Lipinski definition) is 2. The van der Waals surface area contributed by atoms with E-state index in [1.807, 2.05) is 24.3 Å². The molecule has 1 heterocycles. The highest BCUT2D eigenvalue weighted by Gasteiger charge is 2.09. The number of ether oxygens (including phenoxy) is 1. The Labute approximate surface area is 149 Å². The van der Waals surface area contributed by atoms with Gasteiger partial charge in [-0.15, -0.1) is 10.2 Å². The first-order valence-electron chi connectivity index (χ1n) is 7.46. The summed E-state index contributed by atoms with van der Waals surface area (Å²) in [6.45, 7) is 0. The number of carbonyl (C=O) groups is 1. The second-order valence-corrected chi connectivity index (χ2v) is 5.56. The lowest BCUT2D eigenvalue weighted by Gasteiger charge is -2.07. The van der Waals surface area contributed by atoms with Gasteiger partial charge in [0.15, 0.2) is 11.5 Å². The lowest BCUT2D eigenvalue weighted by molar-refractivity contribution is 0.102. The van der Waals surface area contributed by atoms with E-state index in [2.05, 4.69) is 20.8 Å². The minimum absolute atomic E-state index is 0.209. The molecule has 0 bridgehead atoms. The van der Waals surface area contributed by atoms with Gasteiger partial charge in [0.1, 0.15) is 5.75 Å². The molecule has 126 valence electrons. The molecule has 0 spiro atoms. The summed E-state index contributed by atoms with van der Waals surface area (Å²) >= 11 is 5.90. The molecule has 25 heavy (non-hydrogen) atoms. The van der Waals surface area contributed by atoms with Crippen LogP contribution in [0, 0.1) is 0 Å². The van der Waals surface area contributed by atoms with Crippen molar-refractivity contribution in [1.82, 2.24) is 10.2 Å². The van der Waals surface area contributed by atoms with E-state index in [1.165, 1.54) is 0 Å². The van der Waals surface area contributed by atoms with Gasteiger partial charge in [0, 0.05) is 16.4 Å². The fourth-order valence-electron chi connectivity index (χ4n) is 2.10. The van der Waals surface area contributed by atoms with Crippen molar-refractivity contribution in [1.29, 1.82) is 0 Å². The highest BCUT2D eigenvalue weighted by atomic mass is 35.5. The topological polar surface area (TPSA) is 76.1 Å². The molecule has 6 nitrogen and oxygen atoms in total. The van der Waals surface area contributed by atoms with Crippen LogP contribution < -0.4 is 15.4 Å². The summed E-state index contributed by atoms with van der Waals surface area (Å²) in [5.41, 5.74) is 1.64. The van der Waals surface area contributed by atoms with Crippen molar-refractivity contribution in [2.24, 2.45) is 0 Å². The Bertz CT molecular complexity index is 867. The zero-order valence-electron chi connectivity index (χ0n) is 13.4. The minimum atomic E-state index is -0.356. The zero-order valence-corrected chi connectivity index (χ0v) is 14.1. The number of amides is 1. The van der Waals surface area contributed by atoms with Crippen LogP contribution in [0.2, 0.25) is 5.02 Å². The molecular weight excluding hydrogens is 340 g/mol. The maximum absolute atomic E-state index is 12.2. The minimum Gasteiger partial charge on any atom is -0.497 e. The van der Waals surface area contributed by atoms with Crippen LogP contribution in [0.3, 0.4) is 0 Å². The third-order valence-corrected chi connectivity index (χ3v) is 3.58. The molecular formula is C18H15ClN4O2. The number of nitrogens with one attached hydrogen (secondary N) is 2. The van der Waals surface area contributed by atoms with Crippen molar-refractivity contribution >= 4 is 34.7 Å². The number of anilines is 3. The quantitative estimate of drug-likeness (QED) is 0.720. The molecule has 2 N–H and O–H groups in total. The summed E-state index contributed by atoms with van der Waals surface area (Å²) in [5.74, 6) is 0.944. The molecule has 3 aromatic rings. The highest BCUT2D eigenvalue weighted by Crippen LogP contribution is 2.19. The number of benzene rings is 2. The van der Waals surface area contributed by atoms with E-state index in [-0.39, 0.29) is 11.6 Å². The van der Waals surface area contributed by atoms with E-state index in [4.69, 9.17) is 16.3 Å². The van der Waals surface area contributed by atoms with Crippen LogP contribution in [-0.2, 0) is 0 Å². The molecule has 2 aromatic carbocycles. The van der Waals surface area contributed by atoms with E-state index >= 15 is 0 Å². The first kappa shape index (κ1) is 16.7. The van der Waals surface area contributed by atoms with Gasteiger partial charge in [0.05, 0.1) is 7.11 Å². The van der Waals surface area contributed by atoms with Crippen molar-refractivity contribution in [3.05, 3.63) is 71.4 Å². The maximum Gasteiger partial charge on any atom is 0.276 e. The Morgan fingerprint density at radius 3 is 2.44 bits per heavy atom. The van der Waals surface area contributed by atoms with Crippen LogP contribution in [0.5, 0.6) is 5.75 Å². The Morgan fingerprint density at radius 2 is 1.80 bits per heavy atom. The molecule has 0 radical (unpaired) electrons. The molecule has 0 unspecified atom stereocenters. The number of hydrogen-bond acceptors (Lipinski definition) is 5. The summed E-state index contributed by atoms with van der Waals surface area (Å²) in [7, 11) is 1.61. The normalized spacial score (nSPS) is 10.2. The maximum atomic E-state index is 12.2. The van der Waals surface area contributed by atoms with Crippen molar-refractivity contribution in [2.45, 2.75) is 0 Å². The molecule has 0 aliphatic rings. The summed E-state index contributed by atoms with van der Waals surface area (Å²) in [4.78, 5) is 12.2. The van der Waals surface area contributed by atoms with Gasteiger partial charge in [0.25, 0.3) is 5.91 Å². The first-order valence-corrected chi connectivity index (χ1v) is 7.83. The number of rotatable bonds is 5. The summed E-state index contributed by atoms with van der Waals surface area (Å²) in [6, 6.07) is 17.6. The predicted octanol–water partition coefficient (Wildman–Crippen LogP) is 4.13. The smallest absolute Gasteiger partial charge is 0.276 e. The van der Waals surface area contributed by atoms with Gasteiger partial charge in [-0.05, 0) is 54.6 Å². The van der Waals surface area contributed by atoms with Crippen molar-refractivity contribution < 1.29 is 9.53 Å². The molecule has 0 aliphatic heterocycles. The molecule has 1 amide bonds. The Morgan fingerprint density at radius 1 is 1.00 bits per heavy atom. The predicted molar refractivity (Wildman–Crippen MR) is 97.7 cm³/mol. The second-order valence-electron chi connectivity index (χ2n) is 5.12. The van der Waals surface area contributed by atoms with Crippen LogP contribution in [0.1, 0.15) is 10.5 Å². The van der Waals surface area contributed by atoms with Crippen LogP contribution in [0.25, 0.3) is 0 Å². The van der Waals surface area contributed by atoms with E-state index < -0.39 is 0 Å². The molecule has 0 atom stereocenters. The van der Waals surface area contributed by atoms with E-state index in [0.717, 1.165) is 11.4 Å². The van der Waals surface area contributed by atoms with E-state index in [1.54, 1.807) is 43.5 Å². The van der Waals surface area contributed by atoms with Crippen LogP contribution >= 0.6 is 11.6 Å². The van der Waals surface area contributed by atoms with Gasteiger partial charge in [-0.3, -0.25) is 4.79 Å². The van der Waals surface area contributed by atoms with Crippen molar-refractivity contribution in [3.8, 4) is 5.75 Å². The molecule has 0 saturated carbocycles. The number of carbonyl (C=O) groups excluding carboxylic acids is 1. The summed E-state index contributed by atoms with van der Waals surface area (Å²) < 4.78 is 5.11. The average molecular weight is 355 g/mol. The molecule has 0 saturated heterocycles. The standard InChI is InChI=1S/C18H15ClN4O2/c1-25-15-7-5-13(6-8-15)20-17-10-9-16(22-23-17)18(24)21-14-4-2-3-12(19)11-14/h2-11H,1H3,(H,20,23)(H,21,24). The SMILES string of the molecule is COc1ccc(Nc2ccc(C(=O)Nc3cccc(Cl)c3)nn2)cc1. The van der Waals surface area contributed by atoms with Gasteiger partial charge in [-0.2, -0.15) is 0 Å². The zero-order chi connectivity index (χ0) is 17.6. The lowest BCUT2D eigenvalue weighted by Crippen LogP contribution is -2.14. The van der Waals surface area contributed by atoms with E-state index in [9.17, 15) is 4.79 Å². The lowest BCUT2D eigenvalue weighted by atomic mass is 10.3. The fourth-order valence-corrected chi connectivity index (χ4v) is 2.29. The molecule has 0 fully saturated rings. The van der Waals surface area contributed by atoms with Gasteiger partial charge in [-0.25, -0.2) is 0 Å². The Hall–Kier alpha value is -3.12. The Balaban J connectivity index is 1.65. The van der Waals surface area contributed by atoms with E-state index in [0.29, 0.717) is 16.5 Å². The number of methoxy groups -OCH3 is 1. The third kappa shape index (κ3) is 4.45. The first-order chi connectivity index (χ1) is 12.1. The summed E-state index contributed by atoms with van der Waals surface area (Å²) in [6.07, 6.45) is 0. The number of aromatic nitrogens is 2. The van der Waals surface area contributed by atoms with Gasteiger partial charge < -0.3 is 15.4 Å². The third-order valence-electron chi connectivity index (χ3n) is 3.34. The van der Waals surface area contributed by atoms with Gasteiger partial charge in [0.2, 0.25) is 0 Å². The van der Waals surface area contributed by atoms with Crippen LogP contribution in [0.15, 0.2) is 60.7 Å². The monoisotopic (exact) mass is 354 g/mol. The number of nitrogens with zero attached hydrogens (tertiary/aromatic N) is 2. The van der Waals surface area contributed by atoms with Gasteiger partial charge in [-0.1, -0.05) is 17.7 Å². The van der Waals surface area contributed by atoms with Gasteiger partial charge >= 0.3 is 0 Å². The van der Waals surface area contributed by atoms with Crippen LogP contribution in [0.4, 0.5) is 17.2 Å². The van der Waals surface area contributed by atoms with Crippen molar-refractivity contribution in [2.75, 3.05) is 17.7 Å². The molecule has 0 aliphatic carbocycles. The Kier molecular flexibility index (Phi) is 5.11. The largest absolute Gasteiger partial charge is 0.497 e. The number of halogens is 1. The average Bonchev–Trinajstić information content (AvgIpc) is 2.63. The fraction of sp³-hybridized carbons (Fsp3) is 0.0556. The second kappa shape index (κ2) is 7.63. The highest BCUT2D eigenvalue weighted by molar-refractivity contribution is 6.30. The summed E-state index contributed by atoms with van der Waals surface area (Å²) in [5, 5.41) is 14.3. The molecule has 3 rings (SSSR count). The molecule has 7 heteroatoms.